The Morgan fingerprint density at radius 3 is 2.64 bits per heavy atom. The van der Waals surface area contributed by atoms with Gasteiger partial charge in [-0.2, -0.15) is 0 Å². The summed E-state index contributed by atoms with van der Waals surface area (Å²) in [5, 5.41) is 2.79. The summed E-state index contributed by atoms with van der Waals surface area (Å²) in [6.45, 7) is 2.18. The van der Waals surface area contributed by atoms with Crippen LogP contribution < -0.4 is 5.32 Å². The van der Waals surface area contributed by atoms with Crippen LogP contribution in [0.4, 0.5) is 0 Å². The molecule has 1 saturated carbocycles. The van der Waals surface area contributed by atoms with Crippen molar-refractivity contribution in [1.29, 1.82) is 0 Å². The lowest BCUT2D eigenvalue weighted by molar-refractivity contribution is -0.125. The fourth-order valence-electron chi connectivity index (χ4n) is 2.14. The van der Waals surface area contributed by atoms with Crippen LogP contribution in [0.2, 0.25) is 0 Å². The van der Waals surface area contributed by atoms with Crippen LogP contribution in [0.5, 0.6) is 0 Å². The van der Waals surface area contributed by atoms with Gasteiger partial charge >= 0.3 is 0 Å². The molecule has 14 heavy (non-hydrogen) atoms. The SMILES string of the molecule is CCCCC(CC1CCC1)C(=O)NC. The average molecular weight is 197 g/mol. The molecular formula is C12H23NO. The van der Waals surface area contributed by atoms with Crippen LogP contribution in [0.1, 0.15) is 51.9 Å². The maximum Gasteiger partial charge on any atom is 0.222 e. The van der Waals surface area contributed by atoms with Crippen molar-refractivity contribution >= 4 is 5.91 Å². The topological polar surface area (TPSA) is 29.1 Å². The zero-order valence-electron chi connectivity index (χ0n) is 9.51. The first-order chi connectivity index (χ1) is 6.77. The largest absolute Gasteiger partial charge is 0.359 e. The maximum absolute atomic E-state index is 11.6. The van der Waals surface area contributed by atoms with Crippen LogP contribution in [0, 0.1) is 11.8 Å². The number of carbonyl (C=O) groups excluding carboxylic acids is 1. The number of carbonyl (C=O) groups is 1. The summed E-state index contributed by atoms with van der Waals surface area (Å²) in [4.78, 5) is 11.6. The summed E-state index contributed by atoms with van der Waals surface area (Å²) in [7, 11) is 1.75. The standard InChI is InChI=1S/C12H23NO/c1-3-4-8-11(12(14)13-2)9-10-6-5-7-10/h10-11H,3-9H2,1-2H3,(H,13,14). The van der Waals surface area contributed by atoms with Crippen molar-refractivity contribution in [3.8, 4) is 0 Å². The fraction of sp³-hybridized carbons (Fsp3) is 0.917. The minimum absolute atomic E-state index is 0.255. The zero-order chi connectivity index (χ0) is 10.4. The molecule has 0 aromatic rings. The summed E-state index contributed by atoms with van der Waals surface area (Å²) >= 11 is 0. The smallest absolute Gasteiger partial charge is 0.222 e. The third kappa shape index (κ3) is 3.32. The van der Waals surface area contributed by atoms with Crippen molar-refractivity contribution in [3.05, 3.63) is 0 Å². The van der Waals surface area contributed by atoms with Gasteiger partial charge in [0, 0.05) is 13.0 Å². The number of nitrogens with one attached hydrogen (secondary N) is 1. The predicted octanol–water partition coefficient (Wildman–Crippen LogP) is 2.73. The Balaban J connectivity index is 2.30. The highest BCUT2D eigenvalue weighted by molar-refractivity contribution is 5.78. The molecule has 2 nitrogen and oxygen atoms in total. The minimum atomic E-state index is 0.255. The molecule has 0 heterocycles. The summed E-state index contributed by atoms with van der Waals surface area (Å²) < 4.78 is 0. The molecule has 1 atom stereocenters. The Kier molecular flexibility index (Phi) is 4.99. The van der Waals surface area contributed by atoms with E-state index < -0.39 is 0 Å². The Bertz CT molecular complexity index is 175. The molecule has 1 unspecified atom stereocenters. The van der Waals surface area contributed by atoms with E-state index in [9.17, 15) is 4.79 Å². The van der Waals surface area contributed by atoms with E-state index >= 15 is 0 Å². The Labute approximate surface area is 87.5 Å². The number of amides is 1. The van der Waals surface area contributed by atoms with E-state index in [-0.39, 0.29) is 11.8 Å². The second-order valence-electron chi connectivity index (χ2n) is 4.49. The van der Waals surface area contributed by atoms with Gasteiger partial charge < -0.3 is 5.32 Å². The quantitative estimate of drug-likeness (QED) is 0.697. The van der Waals surface area contributed by atoms with E-state index in [2.05, 4.69) is 12.2 Å². The fourth-order valence-corrected chi connectivity index (χ4v) is 2.14. The highest BCUT2D eigenvalue weighted by Crippen LogP contribution is 2.33. The molecule has 2 heteroatoms. The van der Waals surface area contributed by atoms with Gasteiger partial charge in [0.2, 0.25) is 5.91 Å². The van der Waals surface area contributed by atoms with Gasteiger partial charge in [-0.15, -0.1) is 0 Å². The molecule has 0 aliphatic heterocycles. The molecule has 82 valence electrons. The Morgan fingerprint density at radius 1 is 1.50 bits per heavy atom. The first-order valence-corrected chi connectivity index (χ1v) is 5.99. The third-order valence-electron chi connectivity index (χ3n) is 3.37. The first kappa shape index (κ1) is 11.5. The molecule has 1 rings (SSSR count). The molecule has 1 amide bonds. The van der Waals surface area contributed by atoms with E-state index in [0.29, 0.717) is 0 Å². The highest BCUT2D eigenvalue weighted by Gasteiger charge is 2.25. The molecule has 0 radical (unpaired) electrons. The molecule has 1 fully saturated rings. The molecule has 0 spiro atoms. The monoisotopic (exact) mass is 197 g/mol. The van der Waals surface area contributed by atoms with E-state index in [1.807, 2.05) is 0 Å². The number of hydrogen-bond acceptors (Lipinski definition) is 1. The van der Waals surface area contributed by atoms with Gasteiger partial charge in [0.05, 0.1) is 0 Å². The van der Waals surface area contributed by atoms with E-state index in [0.717, 1.165) is 18.8 Å². The molecule has 1 aliphatic carbocycles. The van der Waals surface area contributed by atoms with Crippen molar-refractivity contribution in [3.63, 3.8) is 0 Å². The highest BCUT2D eigenvalue weighted by atomic mass is 16.1. The number of rotatable bonds is 6. The van der Waals surface area contributed by atoms with Crippen molar-refractivity contribution in [1.82, 2.24) is 5.32 Å². The van der Waals surface area contributed by atoms with Crippen molar-refractivity contribution in [2.75, 3.05) is 7.05 Å². The van der Waals surface area contributed by atoms with Crippen LogP contribution >= 0.6 is 0 Å². The van der Waals surface area contributed by atoms with Gasteiger partial charge in [-0.05, 0) is 18.8 Å². The summed E-state index contributed by atoms with van der Waals surface area (Å²) in [6, 6.07) is 0. The first-order valence-electron chi connectivity index (χ1n) is 5.99. The molecule has 0 bridgehead atoms. The van der Waals surface area contributed by atoms with E-state index in [1.165, 1.54) is 32.1 Å². The van der Waals surface area contributed by atoms with E-state index in [4.69, 9.17) is 0 Å². The van der Waals surface area contributed by atoms with Gasteiger partial charge in [-0.25, -0.2) is 0 Å². The third-order valence-corrected chi connectivity index (χ3v) is 3.37. The number of hydrogen-bond donors (Lipinski definition) is 1. The molecule has 0 aromatic heterocycles. The van der Waals surface area contributed by atoms with Crippen LogP contribution in [0.25, 0.3) is 0 Å². The maximum atomic E-state index is 11.6. The van der Waals surface area contributed by atoms with Gasteiger partial charge in [0.1, 0.15) is 0 Å². The summed E-state index contributed by atoms with van der Waals surface area (Å²) in [5.74, 6) is 1.38. The molecule has 0 aromatic carbocycles. The van der Waals surface area contributed by atoms with Gasteiger partial charge in [0.15, 0.2) is 0 Å². The summed E-state index contributed by atoms with van der Waals surface area (Å²) in [5.41, 5.74) is 0. The van der Waals surface area contributed by atoms with Crippen molar-refractivity contribution < 1.29 is 4.79 Å². The second kappa shape index (κ2) is 6.05. The van der Waals surface area contributed by atoms with Crippen molar-refractivity contribution in [2.24, 2.45) is 11.8 Å². The van der Waals surface area contributed by atoms with Gasteiger partial charge in [-0.3, -0.25) is 4.79 Å². The van der Waals surface area contributed by atoms with Crippen LogP contribution in [0.15, 0.2) is 0 Å². The Morgan fingerprint density at radius 2 is 2.21 bits per heavy atom. The normalized spacial score (nSPS) is 18.7. The molecule has 1 N–H and O–H groups in total. The van der Waals surface area contributed by atoms with Crippen LogP contribution in [-0.2, 0) is 4.79 Å². The van der Waals surface area contributed by atoms with Crippen molar-refractivity contribution in [2.45, 2.75) is 51.9 Å². The predicted molar refractivity (Wildman–Crippen MR) is 59.0 cm³/mol. The van der Waals surface area contributed by atoms with E-state index in [1.54, 1.807) is 7.05 Å². The van der Waals surface area contributed by atoms with Gasteiger partial charge in [0.25, 0.3) is 0 Å². The number of unbranched alkanes of at least 4 members (excludes halogenated alkanes) is 1. The van der Waals surface area contributed by atoms with Crippen LogP contribution in [0.3, 0.4) is 0 Å². The lowest BCUT2D eigenvalue weighted by Gasteiger charge is -2.28. The molecular weight excluding hydrogens is 174 g/mol. The molecule has 0 saturated heterocycles. The zero-order valence-corrected chi connectivity index (χ0v) is 9.51. The Hall–Kier alpha value is -0.530. The van der Waals surface area contributed by atoms with Crippen LogP contribution in [-0.4, -0.2) is 13.0 Å². The average Bonchev–Trinajstić information content (AvgIpc) is 2.14. The van der Waals surface area contributed by atoms with Gasteiger partial charge in [-0.1, -0.05) is 39.0 Å². The minimum Gasteiger partial charge on any atom is -0.359 e. The molecule has 1 aliphatic rings. The second-order valence-corrected chi connectivity index (χ2v) is 4.49. The lowest BCUT2D eigenvalue weighted by atomic mass is 9.77. The summed E-state index contributed by atoms with van der Waals surface area (Å²) in [6.07, 6.45) is 8.65. The lowest BCUT2D eigenvalue weighted by Crippen LogP contribution is -2.30.